The van der Waals surface area contributed by atoms with E-state index in [2.05, 4.69) is 19.2 Å². The lowest BCUT2D eigenvalue weighted by Gasteiger charge is -2.07. The molecule has 1 N–H and O–H groups in total. The third kappa shape index (κ3) is 15.3. The van der Waals surface area contributed by atoms with Crippen molar-refractivity contribution < 1.29 is 14.3 Å². The topological polar surface area (TPSA) is 47.6 Å². The maximum absolute atomic E-state index is 11.1. The summed E-state index contributed by atoms with van der Waals surface area (Å²) in [5.41, 5.74) is 0. The predicted molar refractivity (Wildman–Crippen MR) is 78.2 cm³/mol. The molecule has 0 unspecified atom stereocenters. The van der Waals surface area contributed by atoms with Gasteiger partial charge in [0.1, 0.15) is 0 Å². The molecule has 0 fully saturated rings. The molecule has 0 aliphatic heterocycles. The van der Waals surface area contributed by atoms with Crippen LogP contribution in [0.25, 0.3) is 0 Å². The number of unbranched alkanes of at least 4 members (excludes halogenated alkanes) is 2. The Morgan fingerprint density at radius 1 is 1.11 bits per heavy atom. The van der Waals surface area contributed by atoms with Gasteiger partial charge in [-0.05, 0) is 38.6 Å². The minimum absolute atomic E-state index is 0.0750. The minimum Gasteiger partial charge on any atom is -0.466 e. The van der Waals surface area contributed by atoms with Crippen molar-refractivity contribution in [2.24, 2.45) is 5.92 Å². The first-order chi connectivity index (χ1) is 9.16. The summed E-state index contributed by atoms with van der Waals surface area (Å²) in [6.45, 7) is 10.3. The SMILES string of the molecule is CCOC(=O)CCCCCNCCOCCC(C)C. The van der Waals surface area contributed by atoms with Gasteiger partial charge in [-0.2, -0.15) is 0 Å². The molecule has 0 saturated carbocycles. The van der Waals surface area contributed by atoms with Gasteiger partial charge in [0, 0.05) is 19.6 Å². The number of hydrogen-bond acceptors (Lipinski definition) is 4. The molecular weight excluding hydrogens is 242 g/mol. The standard InChI is InChI=1S/C15H31NO3/c1-4-19-15(17)8-6-5-7-10-16-11-13-18-12-9-14(2)3/h14,16H,4-13H2,1-3H3. The summed E-state index contributed by atoms with van der Waals surface area (Å²) < 4.78 is 10.4. The number of rotatable bonds is 13. The molecule has 0 aromatic carbocycles. The molecule has 0 radical (unpaired) electrons. The van der Waals surface area contributed by atoms with Gasteiger partial charge in [-0.15, -0.1) is 0 Å². The van der Waals surface area contributed by atoms with Crippen LogP contribution < -0.4 is 5.32 Å². The molecule has 0 heterocycles. The molecule has 0 saturated heterocycles. The lowest BCUT2D eigenvalue weighted by atomic mass is 10.1. The lowest BCUT2D eigenvalue weighted by Crippen LogP contribution is -2.21. The summed E-state index contributed by atoms with van der Waals surface area (Å²) in [5.74, 6) is 0.640. The summed E-state index contributed by atoms with van der Waals surface area (Å²) in [6.07, 6.45) is 4.77. The molecule has 0 atom stereocenters. The second-order valence-electron chi connectivity index (χ2n) is 5.16. The third-order valence-electron chi connectivity index (χ3n) is 2.80. The second kappa shape index (κ2) is 13.8. The smallest absolute Gasteiger partial charge is 0.305 e. The average Bonchev–Trinajstić information content (AvgIpc) is 2.36. The highest BCUT2D eigenvalue weighted by atomic mass is 16.5. The summed E-state index contributed by atoms with van der Waals surface area (Å²) >= 11 is 0. The van der Waals surface area contributed by atoms with Crippen LogP contribution in [0.1, 0.15) is 52.9 Å². The van der Waals surface area contributed by atoms with Crippen LogP contribution in [0.3, 0.4) is 0 Å². The zero-order chi connectivity index (χ0) is 14.3. The van der Waals surface area contributed by atoms with Crippen LogP contribution >= 0.6 is 0 Å². The van der Waals surface area contributed by atoms with E-state index in [0.717, 1.165) is 52.0 Å². The zero-order valence-electron chi connectivity index (χ0n) is 12.9. The highest BCUT2D eigenvalue weighted by molar-refractivity contribution is 5.69. The number of nitrogens with one attached hydrogen (secondary N) is 1. The number of hydrogen-bond donors (Lipinski definition) is 1. The van der Waals surface area contributed by atoms with Gasteiger partial charge in [0.2, 0.25) is 0 Å². The van der Waals surface area contributed by atoms with E-state index in [1.165, 1.54) is 0 Å². The van der Waals surface area contributed by atoms with Crippen molar-refractivity contribution in [3.05, 3.63) is 0 Å². The largest absolute Gasteiger partial charge is 0.466 e. The Bertz CT molecular complexity index is 208. The fraction of sp³-hybridized carbons (Fsp3) is 0.933. The highest BCUT2D eigenvalue weighted by Crippen LogP contribution is 2.00. The normalized spacial score (nSPS) is 10.9. The monoisotopic (exact) mass is 273 g/mol. The van der Waals surface area contributed by atoms with E-state index in [1.807, 2.05) is 6.92 Å². The van der Waals surface area contributed by atoms with Crippen LogP contribution in [0.4, 0.5) is 0 Å². The fourth-order valence-corrected chi connectivity index (χ4v) is 1.62. The second-order valence-corrected chi connectivity index (χ2v) is 5.16. The molecule has 0 aliphatic rings. The van der Waals surface area contributed by atoms with Crippen LogP contribution in [-0.4, -0.2) is 38.9 Å². The van der Waals surface area contributed by atoms with Gasteiger partial charge in [0.05, 0.1) is 13.2 Å². The van der Waals surface area contributed by atoms with Gasteiger partial charge in [0.25, 0.3) is 0 Å². The summed E-state index contributed by atoms with van der Waals surface area (Å²) in [5, 5.41) is 3.35. The first-order valence-corrected chi connectivity index (χ1v) is 7.60. The number of ether oxygens (including phenoxy) is 2. The highest BCUT2D eigenvalue weighted by Gasteiger charge is 2.00. The molecule has 0 aromatic heterocycles. The Morgan fingerprint density at radius 2 is 1.89 bits per heavy atom. The first kappa shape index (κ1) is 18.4. The van der Waals surface area contributed by atoms with Gasteiger partial charge in [-0.25, -0.2) is 0 Å². The van der Waals surface area contributed by atoms with E-state index >= 15 is 0 Å². The molecule has 4 heteroatoms. The van der Waals surface area contributed by atoms with Crippen molar-refractivity contribution in [2.75, 3.05) is 32.9 Å². The van der Waals surface area contributed by atoms with Crippen LogP contribution in [-0.2, 0) is 14.3 Å². The van der Waals surface area contributed by atoms with Crippen LogP contribution in [0.5, 0.6) is 0 Å². The number of carbonyl (C=O) groups excluding carboxylic acids is 1. The maximum Gasteiger partial charge on any atom is 0.305 e. The van der Waals surface area contributed by atoms with E-state index < -0.39 is 0 Å². The number of carbonyl (C=O) groups is 1. The van der Waals surface area contributed by atoms with Crippen molar-refractivity contribution in [3.8, 4) is 0 Å². The molecule has 0 rings (SSSR count). The molecule has 0 aromatic rings. The van der Waals surface area contributed by atoms with E-state index in [9.17, 15) is 4.79 Å². The van der Waals surface area contributed by atoms with Gasteiger partial charge in [0.15, 0.2) is 0 Å². The molecule has 0 bridgehead atoms. The van der Waals surface area contributed by atoms with E-state index in [1.54, 1.807) is 0 Å². The Hall–Kier alpha value is -0.610. The maximum atomic E-state index is 11.1. The molecule has 4 nitrogen and oxygen atoms in total. The quantitative estimate of drug-likeness (QED) is 0.414. The van der Waals surface area contributed by atoms with Gasteiger partial charge >= 0.3 is 5.97 Å². The first-order valence-electron chi connectivity index (χ1n) is 7.60. The Kier molecular flexibility index (Phi) is 13.4. The van der Waals surface area contributed by atoms with Crippen LogP contribution in [0, 0.1) is 5.92 Å². The van der Waals surface area contributed by atoms with Gasteiger partial charge in [-0.1, -0.05) is 20.3 Å². The molecule has 0 aliphatic carbocycles. The lowest BCUT2D eigenvalue weighted by molar-refractivity contribution is -0.143. The molecule has 114 valence electrons. The third-order valence-corrected chi connectivity index (χ3v) is 2.80. The molecular formula is C15H31NO3. The fourth-order valence-electron chi connectivity index (χ4n) is 1.62. The van der Waals surface area contributed by atoms with Crippen molar-refractivity contribution >= 4 is 5.97 Å². The molecule has 0 spiro atoms. The van der Waals surface area contributed by atoms with E-state index in [4.69, 9.17) is 9.47 Å². The van der Waals surface area contributed by atoms with E-state index in [0.29, 0.717) is 18.9 Å². The summed E-state index contributed by atoms with van der Waals surface area (Å²) in [4.78, 5) is 11.1. The predicted octanol–water partition coefficient (Wildman–Crippen LogP) is 2.76. The van der Waals surface area contributed by atoms with Gasteiger partial charge in [-0.3, -0.25) is 4.79 Å². The van der Waals surface area contributed by atoms with Crippen molar-refractivity contribution in [2.45, 2.75) is 52.9 Å². The van der Waals surface area contributed by atoms with Crippen molar-refractivity contribution in [1.29, 1.82) is 0 Å². The minimum atomic E-state index is -0.0750. The van der Waals surface area contributed by atoms with E-state index in [-0.39, 0.29) is 5.97 Å². The molecule has 19 heavy (non-hydrogen) atoms. The Labute approximate surface area is 118 Å². The Balaban J connectivity index is 3.05. The zero-order valence-corrected chi connectivity index (χ0v) is 12.9. The van der Waals surface area contributed by atoms with Crippen molar-refractivity contribution in [3.63, 3.8) is 0 Å². The summed E-state index contributed by atoms with van der Waals surface area (Å²) in [7, 11) is 0. The van der Waals surface area contributed by atoms with Crippen molar-refractivity contribution in [1.82, 2.24) is 5.32 Å². The number of esters is 1. The average molecular weight is 273 g/mol. The van der Waals surface area contributed by atoms with Gasteiger partial charge < -0.3 is 14.8 Å². The van der Waals surface area contributed by atoms with Crippen LogP contribution in [0.15, 0.2) is 0 Å². The summed E-state index contributed by atoms with van der Waals surface area (Å²) in [6, 6.07) is 0. The molecule has 0 amide bonds. The van der Waals surface area contributed by atoms with Crippen LogP contribution in [0.2, 0.25) is 0 Å². The Morgan fingerprint density at radius 3 is 2.58 bits per heavy atom.